The molecule has 0 spiro atoms. The van der Waals surface area contributed by atoms with Gasteiger partial charge in [0.2, 0.25) is 5.91 Å². The molecular weight excluding hydrogens is 260 g/mol. The Bertz CT molecular complexity index is 646. The van der Waals surface area contributed by atoms with Crippen LogP contribution >= 0.6 is 0 Å². The van der Waals surface area contributed by atoms with Gasteiger partial charge in [0.15, 0.2) is 0 Å². The van der Waals surface area contributed by atoms with E-state index in [0.29, 0.717) is 13.2 Å². The van der Waals surface area contributed by atoms with Gasteiger partial charge in [-0.25, -0.2) is 4.79 Å². The van der Waals surface area contributed by atoms with Crippen molar-refractivity contribution in [1.29, 1.82) is 0 Å². The van der Waals surface area contributed by atoms with Gasteiger partial charge in [0.1, 0.15) is 6.61 Å². The van der Waals surface area contributed by atoms with Crippen molar-refractivity contribution in [2.45, 2.75) is 13.0 Å². The fourth-order valence-corrected chi connectivity index (χ4v) is 1.96. The molecule has 1 aromatic heterocycles. The first-order chi connectivity index (χ1) is 9.56. The van der Waals surface area contributed by atoms with Crippen molar-refractivity contribution in [2.75, 3.05) is 19.8 Å². The maximum absolute atomic E-state index is 11.2. The van der Waals surface area contributed by atoms with Crippen LogP contribution in [0.4, 0.5) is 0 Å². The van der Waals surface area contributed by atoms with Gasteiger partial charge in [-0.3, -0.25) is 4.79 Å². The minimum atomic E-state index is -0.472. The number of imidazole rings is 1. The van der Waals surface area contributed by atoms with Crippen LogP contribution in [-0.4, -0.2) is 35.6 Å². The van der Waals surface area contributed by atoms with Crippen molar-refractivity contribution in [3.63, 3.8) is 0 Å². The van der Waals surface area contributed by atoms with Crippen LogP contribution in [0.15, 0.2) is 23.0 Å². The van der Waals surface area contributed by atoms with Crippen LogP contribution in [0.5, 0.6) is 0 Å². The van der Waals surface area contributed by atoms with Crippen LogP contribution in [0, 0.1) is 0 Å². The third-order valence-corrected chi connectivity index (χ3v) is 2.98. The van der Waals surface area contributed by atoms with Crippen LogP contribution in [0.2, 0.25) is 0 Å². The van der Waals surface area contributed by atoms with Crippen molar-refractivity contribution in [2.24, 2.45) is 5.73 Å². The number of carbonyl (C=O) groups is 1. The molecule has 108 valence electrons. The lowest BCUT2D eigenvalue weighted by molar-refractivity contribution is -0.122. The predicted octanol–water partition coefficient (Wildman–Crippen LogP) is 0.00870. The van der Waals surface area contributed by atoms with E-state index in [9.17, 15) is 9.59 Å². The molecule has 1 atom stereocenters. The molecule has 20 heavy (non-hydrogen) atoms. The average Bonchev–Trinajstić information content (AvgIpc) is 2.76. The Morgan fingerprint density at radius 2 is 2.15 bits per heavy atom. The van der Waals surface area contributed by atoms with E-state index < -0.39 is 5.91 Å². The number of rotatable bonds is 7. The Kier molecular flexibility index (Phi) is 4.54. The van der Waals surface area contributed by atoms with Crippen molar-refractivity contribution >= 4 is 16.9 Å². The number of ether oxygens (including phenoxy) is 1. The van der Waals surface area contributed by atoms with E-state index in [2.05, 4.69) is 15.3 Å². The SMILES string of the molecule is CC(NCCOCC(N)=O)c1ccc2[nH]c(=O)[nH]c2c1. The highest BCUT2D eigenvalue weighted by molar-refractivity contribution is 5.75. The monoisotopic (exact) mass is 278 g/mol. The number of hydrogen-bond donors (Lipinski definition) is 4. The molecule has 5 N–H and O–H groups in total. The highest BCUT2D eigenvalue weighted by Crippen LogP contribution is 2.16. The molecule has 0 bridgehead atoms. The van der Waals surface area contributed by atoms with Crippen molar-refractivity contribution in [1.82, 2.24) is 15.3 Å². The second kappa shape index (κ2) is 6.36. The molecule has 0 aliphatic rings. The molecule has 1 amide bonds. The average molecular weight is 278 g/mol. The molecule has 0 aliphatic carbocycles. The summed E-state index contributed by atoms with van der Waals surface area (Å²) in [6, 6.07) is 5.85. The fraction of sp³-hybridized carbons (Fsp3) is 0.385. The van der Waals surface area contributed by atoms with E-state index in [1.54, 1.807) is 0 Å². The largest absolute Gasteiger partial charge is 0.370 e. The molecule has 0 saturated carbocycles. The zero-order chi connectivity index (χ0) is 14.5. The van der Waals surface area contributed by atoms with E-state index in [4.69, 9.17) is 10.5 Å². The number of carbonyl (C=O) groups excluding carboxylic acids is 1. The number of aromatic nitrogens is 2. The summed E-state index contributed by atoms with van der Waals surface area (Å²) in [6.45, 7) is 2.97. The topological polar surface area (TPSA) is 113 Å². The Balaban J connectivity index is 1.88. The van der Waals surface area contributed by atoms with E-state index in [1.165, 1.54) is 0 Å². The highest BCUT2D eigenvalue weighted by atomic mass is 16.5. The molecule has 7 nitrogen and oxygen atoms in total. The standard InChI is InChI=1S/C13H18N4O3/c1-8(15-4-5-20-7-12(14)18)9-2-3-10-11(6-9)17-13(19)16-10/h2-3,6,8,15H,4-5,7H2,1H3,(H2,14,18)(H2,16,17,19). The minimum absolute atomic E-state index is 0.0629. The van der Waals surface area contributed by atoms with Crippen LogP contribution in [-0.2, 0) is 9.53 Å². The fourth-order valence-electron chi connectivity index (χ4n) is 1.96. The molecule has 0 aliphatic heterocycles. The summed E-state index contributed by atoms with van der Waals surface area (Å²) in [5.41, 5.74) is 7.38. The Morgan fingerprint density at radius 3 is 2.90 bits per heavy atom. The third kappa shape index (κ3) is 3.69. The van der Waals surface area contributed by atoms with E-state index in [1.807, 2.05) is 25.1 Å². The number of primary amides is 1. The molecular formula is C13H18N4O3. The molecule has 0 radical (unpaired) electrons. The summed E-state index contributed by atoms with van der Waals surface area (Å²) in [5.74, 6) is -0.472. The first-order valence-corrected chi connectivity index (χ1v) is 6.37. The molecule has 2 rings (SSSR count). The maximum Gasteiger partial charge on any atom is 0.323 e. The molecule has 1 aromatic carbocycles. The Morgan fingerprint density at radius 1 is 1.40 bits per heavy atom. The summed E-state index contributed by atoms with van der Waals surface area (Å²) >= 11 is 0. The smallest absolute Gasteiger partial charge is 0.323 e. The summed E-state index contributed by atoms with van der Waals surface area (Å²) < 4.78 is 5.07. The second-order valence-electron chi connectivity index (χ2n) is 4.58. The van der Waals surface area contributed by atoms with Gasteiger partial charge in [0.05, 0.1) is 17.6 Å². The zero-order valence-electron chi connectivity index (χ0n) is 11.2. The minimum Gasteiger partial charge on any atom is -0.370 e. The number of nitrogens with one attached hydrogen (secondary N) is 3. The maximum atomic E-state index is 11.2. The number of nitrogens with two attached hydrogens (primary N) is 1. The van der Waals surface area contributed by atoms with Gasteiger partial charge in [0, 0.05) is 12.6 Å². The predicted molar refractivity (Wildman–Crippen MR) is 75.4 cm³/mol. The lowest BCUT2D eigenvalue weighted by Gasteiger charge is -2.14. The van der Waals surface area contributed by atoms with Gasteiger partial charge in [-0.05, 0) is 24.6 Å². The number of amides is 1. The van der Waals surface area contributed by atoms with Crippen LogP contribution < -0.4 is 16.7 Å². The molecule has 1 unspecified atom stereocenters. The van der Waals surface area contributed by atoms with Gasteiger partial charge < -0.3 is 25.8 Å². The van der Waals surface area contributed by atoms with Crippen molar-refractivity contribution in [3.8, 4) is 0 Å². The lowest BCUT2D eigenvalue weighted by atomic mass is 10.1. The summed E-state index contributed by atoms with van der Waals surface area (Å²) in [7, 11) is 0. The second-order valence-corrected chi connectivity index (χ2v) is 4.58. The quantitative estimate of drug-likeness (QED) is 0.534. The van der Waals surface area contributed by atoms with Gasteiger partial charge in [0.25, 0.3) is 0 Å². The molecule has 1 heterocycles. The number of hydrogen-bond acceptors (Lipinski definition) is 4. The van der Waals surface area contributed by atoms with Crippen LogP contribution in [0.25, 0.3) is 11.0 Å². The lowest BCUT2D eigenvalue weighted by Crippen LogP contribution is -2.25. The number of benzene rings is 1. The molecule has 0 saturated heterocycles. The molecule has 0 fully saturated rings. The number of H-pyrrole nitrogens is 2. The first-order valence-electron chi connectivity index (χ1n) is 6.37. The van der Waals surface area contributed by atoms with E-state index >= 15 is 0 Å². The van der Waals surface area contributed by atoms with Crippen LogP contribution in [0.1, 0.15) is 18.5 Å². The highest BCUT2D eigenvalue weighted by Gasteiger charge is 2.06. The summed E-state index contributed by atoms with van der Waals surface area (Å²) in [4.78, 5) is 27.1. The van der Waals surface area contributed by atoms with Gasteiger partial charge in [-0.1, -0.05) is 6.07 Å². The summed E-state index contributed by atoms with van der Waals surface area (Å²) in [6.07, 6.45) is 0. The zero-order valence-corrected chi connectivity index (χ0v) is 11.2. The number of aromatic amines is 2. The van der Waals surface area contributed by atoms with Crippen molar-refractivity contribution < 1.29 is 9.53 Å². The molecule has 7 heteroatoms. The van der Waals surface area contributed by atoms with E-state index in [0.717, 1.165) is 16.6 Å². The molecule has 2 aromatic rings. The van der Waals surface area contributed by atoms with E-state index in [-0.39, 0.29) is 18.3 Å². The van der Waals surface area contributed by atoms with Crippen LogP contribution in [0.3, 0.4) is 0 Å². The Hall–Kier alpha value is -2.12. The van der Waals surface area contributed by atoms with Gasteiger partial charge >= 0.3 is 5.69 Å². The number of fused-ring (bicyclic) bond motifs is 1. The van der Waals surface area contributed by atoms with Crippen molar-refractivity contribution in [3.05, 3.63) is 34.2 Å². The normalized spacial score (nSPS) is 12.7. The van der Waals surface area contributed by atoms with Gasteiger partial charge in [-0.15, -0.1) is 0 Å². The van der Waals surface area contributed by atoms with Gasteiger partial charge in [-0.2, -0.15) is 0 Å². The third-order valence-electron chi connectivity index (χ3n) is 2.98. The summed E-state index contributed by atoms with van der Waals surface area (Å²) in [5, 5.41) is 3.26. The Labute approximate surface area is 115 Å². The first kappa shape index (κ1) is 14.3.